The summed E-state index contributed by atoms with van der Waals surface area (Å²) in [6.45, 7) is 0. The van der Waals surface area contributed by atoms with Gasteiger partial charge in [0.05, 0.1) is 10.7 Å². The van der Waals surface area contributed by atoms with Crippen LogP contribution in [0, 0.1) is 10.8 Å². The number of nitrogens with zero attached hydrogens (tertiary/aromatic N) is 2. The Morgan fingerprint density at radius 3 is 2.08 bits per heavy atom. The van der Waals surface area contributed by atoms with Crippen molar-refractivity contribution in [3.8, 4) is 11.4 Å². The lowest BCUT2D eigenvalue weighted by Crippen LogP contribution is -2.41. The predicted molar refractivity (Wildman–Crippen MR) is 95.2 cm³/mol. The number of para-hydroxylation sites is 1. The Balaban J connectivity index is 2.06. The second-order valence-corrected chi connectivity index (χ2v) is 6.14. The van der Waals surface area contributed by atoms with Crippen LogP contribution in [-0.2, 0) is 4.94 Å². The first-order valence-electron chi connectivity index (χ1n) is 7.28. The van der Waals surface area contributed by atoms with Crippen LogP contribution in [0.3, 0.4) is 0 Å². The minimum Gasteiger partial charge on any atom is -0.281 e. The van der Waals surface area contributed by atoms with Crippen LogP contribution in [0.15, 0.2) is 48.5 Å². The van der Waals surface area contributed by atoms with E-state index < -0.39 is 0 Å². The van der Waals surface area contributed by atoms with Crippen molar-refractivity contribution in [1.82, 2.24) is 9.13 Å². The van der Waals surface area contributed by atoms with E-state index in [2.05, 4.69) is 11.0 Å². The zero-order valence-electron chi connectivity index (χ0n) is 12.7. The standard InChI is InChI=1S/C16H12Cl2N6O/c17-9-5-7-10(8-6-9)23-13(19)14(20)24(16-15(23)21-25-22-16)12-4-2-1-3-11(12)18/h1-8,19-22H. The fraction of sp³-hybridized carbons (Fsp3) is 0. The van der Waals surface area contributed by atoms with E-state index in [1.54, 1.807) is 47.0 Å². The molecule has 0 saturated carbocycles. The van der Waals surface area contributed by atoms with Gasteiger partial charge < -0.3 is 0 Å². The van der Waals surface area contributed by atoms with E-state index in [0.717, 1.165) is 0 Å². The lowest BCUT2D eigenvalue weighted by atomic mass is 10.3. The molecule has 0 saturated heterocycles. The number of hydrogen-bond acceptors (Lipinski definition) is 5. The summed E-state index contributed by atoms with van der Waals surface area (Å²) in [7, 11) is 0. The van der Waals surface area contributed by atoms with Crippen LogP contribution >= 0.6 is 23.2 Å². The Morgan fingerprint density at radius 2 is 1.40 bits per heavy atom. The third-order valence-electron chi connectivity index (χ3n) is 3.82. The molecule has 7 nitrogen and oxygen atoms in total. The van der Waals surface area contributed by atoms with Crippen LogP contribution in [0.2, 0.25) is 10.0 Å². The van der Waals surface area contributed by atoms with Crippen molar-refractivity contribution in [2.75, 3.05) is 11.0 Å². The molecule has 0 bridgehead atoms. The predicted octanol–water partition coefficient (Wildman–Crippen LogP) is 3.22. The summed E-state index contributed by atoms with van der Waals surface area (Å²) in [6, 6.07) is 14.1. The molecule has 25 heavy (non-hydrogen) atoms. The van der Waals surface area contributed by atoms with E-state index >= 15 is 0 Å². The van der Waals surface area contributed by atoms with E-state index in [-0.39, 0.29) is 11.0 Å². The highest BCUT2D eigenvalue weighted by Crippen LogP contribution is 2.30. The maximum Gasteiger partial charge on any atom is 0.182 e. The third kappa shape index (κ3) is 2.49. The summed E-state index contributed by atoms with van der Waals surface area (Å²) in [5, 5.41) is 18.0. The summed E-state index contributed by atoms with van der Waals surface area (Å²) in [6.07, 6.45) is 0. The van der Waals surface area contributed by atoms with Crippen LogP contribution in [-0.4, -0.2) is 9.13 Å². The van der Waals surface area contributed by atoms with Crippen molar-refractivity contribution in [3.05, 3.63) is 69.6 Å². The third-order valence-corrected chi connectivity index (χ3v) is 4.39. The molecule has 9 heteroatoms. The van der Waals surface area contributed by atoms with Gasteiger partial charge in [-0.25, -0.2) is 11.0 Å². The molecule has 0 unspecified atom stereocenters. The molecule has 1 aromatic heterocycles. The first-order valence-corrected chi connectivity index (χ1v) is 8.03. The van der Waals surface area contributed by atoms with Crippen LogP contribution in [0.1, 0.15) is 0 Å². The first-order chi connectivity index (χ1) is 12.1. The normalized spacial score (nSPS) is 12.4. The Morgan fingerprint density at radius 1 is 0.800 bits per heavy atom. The van der Waals surface area contributed by atoms with Crippen molar-refractivity contribution < 1.29 is 4.94 Å². The minimum absolute atomic E-state index is 0.0409. The monoisotopic (exact) mass is 374 g/mol. The van der Waals surface area contributed by atoms with E-state index in [1.807, 2.05) is 6.07 Å². The highest BCUT2D eigenvalue weighted by atomic mass is 35.5. The second kappa shape index (κ2) is 5.96. The topological polar surface area (TPSA) is 90.9 Å². The van der Waals surface area contributed by atoms with Gasteiger partial charge in [0.15, 0.2) is 22.6 Å². The van der Waals surface area contributed by atoms with Gasteiger partial charge in [0.2, 0.25) is 0 Å². The molecule has 4 N–H and O–H groups in total. The minimum atomic E-state index is -0.0541. The summed E-state index contributed by atoms with van der Waals surface area (Å²) in [5.74, 6) is 0.937. The fourth-order valence-corrected chi connectivity index (χ4v) is 3.03. The largest absolute Gasteiger partial charge is 0.281 e. The van der Waals surface area contributed by atoms with Gasteiger partial charge in [0.25, 0.3) is 0 Å². The van der Waals surface area contributed by atoms with Crippen LogP contribution < -0.4 is 21.9 Å². The number of anilines is 2. The Kier molecular flexibility index (Phi) is 3.76. The number of benzene rings is 2. The SMILES string of the molecule is N=c1c(=N)n(-c2ccccc2Cl)c2c(n1-c1ccc(Cl)cc1)NON2. The highest BCUT2D eigenvalue weighted by molar-refractivity contribution is 6.32. The van der Waals surface area contributed by atoms with Gasteiger partial charge in [-0.1, -0.05) is 35.3 Å². The molecule has 0 atom stereocenters. The Labute approximate surface area is 151 Å². The molecule has 126 valence electrons. The lowest BCUT2D eigenvalue weighted by molar-refractivity contribution is 0.279. The van der Waals surface area contributed by atoms with Gasteiger partial charge in [0.1, 0.15) is 0 Å². The number of halogens is 2. The van der Waals surface area contributed by atoms with Crippen molar-refractivity contribution in [3.63, 3.8) is 0 Å². The van der Waals surface area contributed by atoms with E-state index in [9.17, 15) is 0 Å². The fourth-order valence-electron chi connectivity index (χ4n) is 2.68. The van der Waals surface area contributed by atoms with Crippen molar-refractivity contribution in [2.45, 2.75) is 0 Å². The van der Waals surface area contributed by atoms with Gasteiger partial charge in [-0.2, -0.15) is 4.94 Å². The van der Waals surface area contributed by atoms with E-state index in [0.29, 0.717) is 33.1 Å². The smallest absolute Gasteiger partial charge is 0.182 e. The van der Waals surface area contributed by atoms with Gasteiger partial charge in [-0.05, 0) is 36.4 Å². The molecule has 1 aliphatic heterocycles. The quantitative estimate of drug-likeness (QED) is 0.554. The molecule has 4 rings (SSSR count). The molecule has 3 aromatic rings. The average molecular weight is 375 g/mol. The molecule has 0 aliphatic carbocycles. The molecular formula is C16H12Cl2N6O. The molecule has 2 aromatic carbocycles. The summed E-state index contributed by atoms with van der Waals surface area (Å²) < 4.78 is 3.08. The van der Waals surface area contributed by atoms with Crippen LogP contribution in [0.5, 0.6) is 0 Å². The lowest BCUT2D eigenvalue weighted by Gasteiger charge is -2.17. The Bertz CT molecular complexity index is 1090. The summed E-state index contributed by atoms with van der Waals surface area (Å²) >= 11 is 12.2. The van der Waals surface area contributed by atoms with Crippen LogP contribution in [0.25, 0.3) is 11.4 Å². The number of hydrogen-bond donors (Lipinski definition) is 4. The second-order valence-electron chi connectivity index (χ2n) is 5.30. The zero-order chi connectivity index (χ0) is 17.6. The molecule has 0 amide bonds. The van der Waals surface area contributed by atoms with Gasteiger partial charge in [-0.15, -0.1) is 0 Å². The summed E-state index contributed by atoms with van der Waals surface area (Å²) in [5.41, 5.74) is 6.61. The maximum absolute atomic E-state index is 8.48. The molecule has 0 radical (unpaired) electrons. The zero-order valence-corrected chi connectivity index (χ0v) is 14.2. The maximum atomic E-state index is 8.48. The molecule has 2 heterocycles. The molecule has 0 fully saturated rings. The van der Waals surface area contributed by atoms with Gasteiger partial charge >= 0.3 is 0 Å². The van der Waals surface area contributed by atoms with Crippen molar-refractivity contribution in [1.29, 1.82) is 10.8 Å². The number of aromatic nitrogens is 2. The number of nitrogens with one attached hydrogen (secondary N) is 4. The highest BCUT2D eigenvalue weighted by Gasteiger charge is 2.24. The van der Waals surface area contributed by atoms with Crippen LogP contribution in [0.4, 0.5) is 11.6 Å². The van der Waals surface area contributed by atoms with Gasteiger partial charge in [0, 0.05) is 10.7 Å². The van der Waals surface area contributed by atoms with Gasteiger partial charge in [-0.3, -0.25) is 20.0 Å². The summed E-state index contributed by atoms with van der Waals surface area (Å²) in [4.78, 5) is 5.14. The molecule has 1 aliphatic rings. The number of rotatable bonds is 2. The first kappa shape index (κ1) is 15.8. The number of fused-ring (bicyclic) bond motifs is 1. The van der Waals surface area contributed by atoms with E-state index in [1.165, 1.54) is 4.57 Å². The van der Waals surface area contributed by atoms with E-state index in [4.69, 9.17) is 39.0 Å². The van der Waals surface area contributed by atoms with Crippen molar-refractivity contribution >= 4 is 34.8 Å². The van der Waals surface area contributed by atoms with Crippen molar-refractivity contribution in [2.24, 2.45) is 0 Å². The average Bonchev–Trinajstić information content (AvgIpc) is 3.07. The molecule has 0 spiro atoms. The Hall–Kier alpha value is -2.74. The molecular weight excluding hydrogens is 363 g/mol.